The van der Waals surface area contributed by atoms with E-state index in [0.29, 0.717) is 17.4 Å². The van der Waals surface area contributed by atoms with Gasteiger partial charge in [-0.2, -0.15) is 0 Å². The van der Waals surface area contributed by atoms with Crippen LogP contribution in [0.1, 0.15) is 226 Å². The Morgan fingerprint density at radius 2 is 0.900 bits per heavy atom. The number of carboxylic acid groups (broad SMARTS) is 1. The van der Waals surface area contributed by atoms with Gasteiger partial charge in [0.1, 0.15) is 13.2 Å². The van der Waals surface area contributed by atoms with Gasteiger partial charge >= 0.3 is 11.9 Å². The van der Waals surface area contributed by atoms with Gasteiger partial charge in [0.2, 0.25) is 0 Å². The topological polar surface area (TPSA) is 111 Å². The van der Waals surface area contributed by atoms with Crippen LogP contribution in [0.15, 0.2) is 24.3 Å². The highest BCUT2D eigenvalue weighted by atomic mass is 16.7. The van der Waals surface area contributed by atoms with Crippen LogP contribution in [0.5, 0.6) is 0 Å². The molecule has 0 rings (SSSR count). The number of rotatable bonds is 46. The Hall–Kier alpha value is -2.23. The van der Waals surface area contributed by atoms with Gasteiger partial charge in [-0.25, -0.2) is 0 Å². The Bertz CT molecular complexity index is 1040. The molecule has 0 heterocycles. The lowest BCUT2D eigenvalue weighted by atomic mass is 10.0. The Labute approximate surface area is 369 Å². The molecule has 0 aliphatic carbocycles. The highest BCUT2D eigenvalue weighted by molar-refractivity contribution is 5.70. The minimum absolute atomic E-state index is 0.150. The molecule has 0 spiro atoms. The maximum atomic E-state index is 12.7. The molecule has 0 aromatic rings. The summed E-state index contributed by atoms with van der Waals surface area (Å²) in [6, 6.07) is 0. The highest BCUT2D eigenvalue weighted by Crippen LogP contribution is 2.16. The van der Waals surface area contributed by atoms with Crippen molar-refractivity contribution < 1.29 is 42.9 Å². The molecule has 0 amide bonds. The minimum Gasteiger partial charge on any atom is -0.545 e. The summed E-state index contributed by atoms with van der Waals surface area (Å²) in [5.74, 6) is -2.28. The van der Waals surface area contributed by atoms with E-state index in [1.54, 1.807) is 0 Å². The second kappa shape index (κ2) is 43.4. The summed E-state index contributed by atoms with van der Waals surface area (Å²) < 4.78 is 22.5. The predicted molar refractivity (Wildman–Crippen MR) is 246 cm³/mol. The first-order valence-electron chi connectivity index (χ1n) is 25.0. The van der Waals surface area contributed by atoms with Crippen molar-refractivity contribution >= 4 is 17.9 Å². The van der Waals surface area contributed by atoms with Crippen LogP contribution >= 0.6 is 0 Å². The fourth-order valence-electron chi connectivity index (χ4n) is 7.04. The Kier molecular flexibility index (Phi) is 41.8. The number of hydrogen-bond donors (Lipinski definition) is 0. The molecule has 0 saturated carbocycles. The van der Waals surface area contributed by atoms with E-state index in [-0.39, 0.29) is 32.2 Å². The lowest BCUT2D eigenvalue weighted by Gasteiger charge is -2.26. The predicted octanol–water partition coefficient (Wildman–Crippen LogP) is 12.3. The van der Waals surface area contributed by atoms with E-state index >= 15 is 0 Å². The van der Waals surface area contributed by atoms with Gasteiger partial charge in [0.25, 0.3) is 0 Å². The van der Waals surface area contributed by atoms with Crippen molar-refractivity contribution in [3.63, 3.8) is 0 Å². The fourth-order valence-corrected chi connectivity index (χ4v) is 7.04. The monoisotopic (exact) mass is 850 g/mol. The van der Waals surface area contributed by atoms with Crippen LogP contribution < -0.4 is 5.11 Å². The number of quaternary nitrogens is 1. The van der Waals surface area contributed by atoms with E-state index in [1.165, 1.54) is 148 Å². The fraction of sp³-hybridized carbons (Fsp3) is 0.863. The van der Waals surface area contributed by atoms with E-state index in [9.17, 15) is 19.5 Å². The molecule has 0 saturated heterocycles. The lowest BCUT2D eigenvalue weighted by Crippen LogP contribution is -2.44. The Morgan fingerprint density at radius 1 is 0.500 bits per heavy atom. The number of aliphatic carboxylic acids is 1. The summed E-state index contributed by atoms with van der Waals surface area (Å²) in [4.78, 5) is 36.8. The van der Waals surface area contributed by atoms with Gasteiger partial charge < -0.3 is 33.3 Å². The highest BCUT2D eigenvalue weighted by Gasteiger charge is 2.21. The number of allylic oxidation sites excluding steroid dienone is 4. The molecule has 9 nitrogen and oxygen atoms in total. The quantitative estimate of drug-likeness (QED) is 0.0196. The first-order chi connectivity index (χ1) is 29.1. The summed E-state index contributed by atoms with van der Waals surface area (Å²) in [5.41, 5.74) is 0. The van der Waals surface area contributed by atoms with Crippen LogP contribution in [0.2, 0.25) is 0 Å². The van der Waals surface area contributed by atoms with Crippen LogP contribution in [0.25, 0.3) is 0 Å². The van der Waals surface area contributed by atoms with E-state index in [4.69, 9.17) is 18.9 Å². The Balaban J connectivity index is 4.01. The van der Waals surface area contributed by atoms with Crippen molar-refractivity contribution in [1.29, 1.82) is 0 Å². The molecule has 0 aromatic carbocycles. The summed E-state index contributed by atoms with van der Waals surface area (Å²) in [6.07, 6.45) is 45.5. The maximum Gasteiger partial charge on any atom is 0.306 e. The summed E-state index contributed by atoms with van der Waals surface area (Å²) in [7, 11) is 5.91. The van der Waals surface area contributed by atoms with Crippen molar-refractivity contribution in [2.24, 2.45) is 0 Å². The van der Waals surface area contributed by atoms with Gasteiger partial charge in [-0.15, -0.1) is 0 Å². The zero-order chi connectivity index (χ0) is 44.2. The van der Waals surface area contributed by atoms with E-state index in [0.717, 1.165) is 51.4 Å². The van der Waals surface area contributed by atoms with E-state index < -0.39 is 24.3 Å². The lowest BCUT2D eigenvalue weighted by molar-refractivity contribution is -0.870. The largest absolute Gasteiger partial charge is 0.545 e. The van der Waals surface area contributed by atoms with Gasteiger partial charge in [-0.05, 0) is 44.9 Å². The summed E-state index contributed by atoms with van der Waals surface area (Å²) in [6.45, 7) is 4.68. The zero-order valence-corrected chi connectivity index (χ0v) is 39.8. The van der Waals surface area contributed by atoms with Crippen molar-refractivity contribution in [2.45, 2.75) is 238 Å². The zero-order valence-electron chi connectivity index (χ0n) is 39.8. The number of esters is 2. The number of nitrogens with zero attached hydrogens (tertiary/aromatic N) is 1. The van der Waals surface area contributed by atoms with Crippen molar-refractivity contribution in [1.82, 2.24) is 0 Å². The van der Waals surface area contributed by atoms with Crippen molar-refractivity contribution in [2.75, 3.05) is 47.5 Å². The first-order valence-corrected chi connectivity index (χ1v) is 25.0. The van der Waals surface area contributed by atoms with Gasteiger partial charge in [0.15, 0.2) is 12.4 Å². The summed E-state index contributed by atoms with van der Waals surface area (Å²) in [5, 5.41) is 11.7. The molecule has 9 heteroatoms. The molecule has 2 atom stereocenters. The van der Waals surface area contributed by atoms with Crippen LogP contribution in [0.3, 0.4) is 0 Å². The second-order valence-electron chi connectivity index (χ2n) is 18.1. The van der Waals surface area contributed by atoms with Crippen LogP contribution in [0, 0.1) is 0 Å². The smallest absolute Gasteiger partial charge is 0.306 e. The molecule has 0 fully saturated rings. The van der Waals surface area contributed by atoms with Crippen LogP contribution in [-0.2, 0) is 33.3 Å². The minimum atomic E-state index is -1.61. The van der Waals surface area contributed by atoms with Gasteiger partial charge in [0.05, 0.1) is 40.3 Å². The molecular weight excluding hydrogens is 755 g/mol. The van der Waals surface area contributed by atoms with Crippen LogP contribution in [-0.4, -0.2) is 82.3 Å². The second-order valence-corrected chi connectivity index (χ2v) is 18.1. The molecule has 60 heavy (non-hydrogen) atoms. The third kappa shape index (κ3) is 43.8. The van der Waals surface area contributed by atoms with Crippen LogP contribution in [0.4, 0.5) is 0 Å². The van der Waals surface area contributed by atoms with E-state index in [2.05, 4.69) is 38.2 Å². The average Bonchev–Trinajstić information content (AvgIpc) is 3.21. The number of ether oxygens (including phenoxy) is 4. The molecule has 0 N–H and O–H groups in total. The molecule has 0 aliphatic heterocycles. The number of unbranched alkanes of at least 4 members (excludes halogenated alkanes) is 27. The van der Waals surface area contributed by atoms with Crippen molar-refractivity contribution in [3.8, 4) is 0 Å². The molecule has 0 aromatic heterocycles. The first kappa shape index (κ1) is 57.8. The molecule has 2 unspecified atom stereocenters. The Morgan fingerprint density at radius 3 is 1.32 bits per heavy atom. The van der Waals surface area contributed by atoms with Gasteiger partial charge in [-0.3, -0.25) is 9.59 Å². The van der Waals surface area contributed by atoms with E-state index in [1.807, 2.05) is 21.1 Å². The molecule has 0 bridgehead atoms. The SMILES string of the molecule is CCCCCCC/C=C\C/C=C\CCCCCCCCCCCCCCCCCCCC(=O)OC(COC(=O)CCCCCCCC)COC(OCC[N+](C)(C)C)C(=O)[O-]. The van der Waals surface area contributed by atoms with Gasteiger partial charge in [-0.1, -0.05) is 192 Å². The molecule has 352 valence electrons. The maximum absolute atomic E-state index is 12.7. The number of carboxylic acids is 1. The standard InChI is InChI=1S/C51H95NO8/c1-6-8-10-12-14-15-16-17-18-19-20-21-22-23-24-25-26-27-28-29-30-31-32-33-34-35-36-38-40-42-49(54)60-47(45-58-48(53)41-39-37-13-11-9-7-2)46-59-51(50(55)56)57-44-43-52(3,4)5/h16-17,19-20,47,51H,6-15,18,21-46H2,1-5H3/b17-16-,20-19-. The molecular formula is C51H95NO8. The third-order valence-corrected chi connectivity index (χ3v) is 11.0. The number of carbonyl (C=O) groups excluding carboxylic acids is 3. The van der Waals surface area contributed by atoms with Crippen molar-refractivity contribution in [3.05, 3.63) is 24.3 Å². The third-order valence-electron chi connectivity index (χ3n) is 11.0. The number of hydrogen-bond acceptors (Lipinski definition) is 8. The average molecular weight is 850 g/mol. The number of carbonyl (C=O) groups is 3. The number of likely N-dealkylation sites (N-methyl/N-ethyl adjacent to an activating group) is 1. The molecule has 0 aliphatic rings. The van der Waals surface area contributed by atoms with Gasteiger partial charge in [0, 0.05) is 12.8 Å². The summed E-state index contributed by atoms with van der Waals surface area (Å²) >= 11 is 0. The normalized spacial score (nSPS) is 13.0. The molecule has 0 radical (unpaired) electrons.